The summed E-state index contributed by atoms with van der Waals surface area (Å²) in [6.45, 7) is 0. The summed E-state index contributed by atoms with van der Waals surface area (Å²) in [6.07, 6.45) is -4.58. The minimum absolute atomic E-state index is 0.408. The van der Waals surface area contributed by atoms with Crippen LogP contribution in [0, 0.1) is 0 Å². The molecule has 0 aliphatic rings. The van der Waals surface area contributed by atoms with E-state index in [0.717, 1.165) is 0 Å². The number of hydrogen-bond donors (Lipinski definition) is 3. The first-order chi connectivity index (χ1) is 5.82. The van der Waals surface area contributed by atoms with Gasteiger partial charge in [-0.2, -0.15) is 13.2 Å². The first-order valence-electron chi connectivity index (χ1n) is 3.21. The number of aromatic hydroxyl groups is 2. The van der Waals surface area contributed by atoms with Crippen molar-refractivity contribution in [3.05, 3.63) is 17.7 Å². The van der Waals surface area contributed by atoms with Gasteiger partial charge in [-0.3, -0.25) is 0 Å². The van der Waals surface area contributed by atoms with Gasteiger partial charge in [0.05, 0.1) is 11.3 Å². The van der Waals surface area contributed by atoms with Crippen LogP contribution in [0.25, 0.3) is 0 Å². The van der Waals surface area contributed by atoms with Crippen molar-refractivity contribution in [1.29, 1.82) is 0 Å². The maximum Gasteiger partial charge on any atom is 0.416 e. The van der Waals surface area contributed by atoms with Crippen molar-refractivity contribution in [3.63, 3.8) is 0 Å². The highest BCUT2D eigenvalue weighted by molar-refractivity contribution is 5.61. The van der Waals surface area contributed by atoms with Gasteiger partial charge < -0.3 is 15.9 Å². The molecule has 0 saturated carbocycles. The predicted octanol–water partition coefficient (Wildman–Crippen LogP) is 1.70. The Labute approximate surface area is 71.2 Å². The van der Waals surface area contributed by atoms with Crippen molar-refractivity contribution in [1.82, 2.24) is 0 Å². The quantitative estimate of drug-likeness (QED) is 0.434. The van der Waals surface area contributed by atoms with Gasteiger partial charge in [0.2, 0.25) is 0 Å². The van der Waals surface area contributed by atoms with Gasteiger partial charge in [0, 0.05) is 0 Å². The Morgan fingerprint density at radius 1 is 1.15 bits per heavy atom. The first kappa shape index (κ1) is 9.50. The third kappa shape index (κ3) is 1.77. The zero-order chi connectivity index (χ0) is 10.2. The molecule has 0 spiro atoms. The Bertz CT molecular complexity index is 312. The van der Waals surface area contributed by atoms with E-state index in [-0.39, 0.29) is 0 Å². The van der Waals surface area contributed by atoms with Crippen LogP contribution in [0.5, 0.6) is 11.5 Å². The number of halogens is 3. The van der Waals surface area contributed by atoms with Crippen molar-refractivity contribution >= 4 is 5.69 Å². The Kier molecular flexibility index (Phi) is 1.99. The van der Waals surface area contributed by atoms with Gasteiger partial charge in [-0.1, -0.05) is 0 Å². The third-order valence-corrected chi connectivity index (χ3v) is 1.45. The molecular formula is C7H6F3NO2. The molecule has 4 N–H and O–H groups in total. The summed E-state index contributed by atoms with van der Waals surface area (Å²) in [6, 6.07) is 0.959. The highest BCUT2D eigenvalue weighted by Crippen LogP contribution is 2.38. The number of nitrogens with two attached hydrogens (primary N) is 1. The number of phenols is 2. The van der Waals surface area contributed by atoms with Gasteiger partial charge in [-0.15, -0.1) is 0 Å². The van der Waals surface area contributed by atoms with Crippen LogP contribution in [0.4, 0.5) is 18.9 Å². The highest BCUT2D eigenvalue weighted by Gasteiger charge is 2.32. The molecule has 0 aliphatic carbocycles. The molecule has 13 heavy (non-hydrogen) atoms. The van der Waals surface area contributed by atoms with Crippen molar-refractivity contribution in [2.24, 2.45) is 0 Å². The molecule has 1 aromatic carbocycles. The van der Waals surface area contributed by atoms with Crippen LogP contribution in [-0.4, -0.2) is 10.2 Å². The van der Waals surface area contributed by atoms with E-state index in [2.05, 4.69) is 0 Å². The first-order valence-corrected chi connectivity index (χ1v) is 3.21. The number of benzene rings is 1. The lowest BCUT2D eigenvalue weighted by molar-refractivity contribution is -0.137. The normalized spacial score (nSPS) is 11.6. The average molecular weight is 193 g/mol. The minimum atomic E-state index is -4.58. The summed E-state index contributed by atoms with van der Waals surface area (Å²) in [7, 11) is 0. The Balaban J connectivity index is 3.29. The van der Waals surface area contributed by atoms with Crippen LogP contribution in [0.3, 0.4) is 0 Å². The van der Waals surface area contributed by atoms with Crippen LogP contribution < -0.4 is 5.73 Å². The summed E-state index contributed by atoms with van der Waals surface area (Å²) in [4.78, 5) is 0. The molecule has 0 fully saturated rings. The number of hydrogen-bond acceptors (Lipinski definition) is 3. The molecule has 0 aromatic heterocycles. The van der Waals surface area contributed by atoms with E-state index in [4.69, 9.17) is 15.9 Å². The van der Waals surface area contributed by atoms with Crippen LogP contribution >= 0.6 is 0 Å². The van der Waals surface area contributed by atoms with Crippen molar-refractivity contribution in [2.45, 2.75) is 6.18 Å². The third-order valence-electron chi connectivity index (χ3n) is 1.45. The number of nitrogen functional groups attached to an aromatic ring is 1. The van der Waals surface area contributed by atoms with E-state index >= 15 is 0 Å². The number of alkyl halides is 3. The fourth-order valence-electron chi connectivity index (χ4n) is 0.805. The second-order valence-corrected chi connectivity index (χ2v) is 2.43. The van der Waals surface area contributed by atoms with E-state index in [9.17, 15) is 13.2 Å². The standard InChI is InChI=1S/C7H6F3NO2/c8-7(9,10)3-1-4(11)6(13)5(12)2-3/h1-2,12-13H,11H2. The van der Waals surface area contributed by atoms with Gasteiger partial charge in [-0.05, 0) is 12.1 Å². The summed E-state index contributed by atoms with van der Waals surface area (Å²) in [5.41, 5.74) is 3.40. The molecule has 72 valence electrons. The molecule has 0 saturated heterocycles. The molecule has 6 heteroatoms. The molecule has 0 aliphatic heterocycles. The molecule has 0 heterocycles. The maximum absolute atomic E-state index is 12.0. The number of anilines is 1. The highest BCUT2D eigenvalue weighted by atomic mass is 19.4. The minimum Gasteiger partial charge on any atom is -0.504 e. The van der Waals surface area contributed by atoms with E-state index in [1.807, 2.05) is 0 Å². The predicted molar refractivity (Wildman–Crippen MR) is 39.2 cm³/mol. The van der Waals surface area contributed by atoms with Crippen LogP contribution in [0.1, 0.15) is 5.56 Å². The number of phenolic OH excluding ortho intramolecular Hbond substituents is 2. The maximum atomic E-state index is 12.0. The van der Waals surface area contributed by atoms with Gasteiger partial charge in [0.25, 0.3) is 0 Å². The molecule has 3 nitrogen and oxygen atoms in total. The smallest absolute Gasteiger partial charge is 0.416 e. The van der Waals surface area contributed by atoms with Gasteiger partial charge in [0.15, 0.2) is 11.5 Å². The Hall–Kier alpha value is -1.59. The molecule has 1 aromatic rings. The van der Waals surface area contributed by atoms with Crippen molar-refractivity contribution in [2.75, 3.05) is 5.73 Å². The van der Waals surface area contributed by atoms with Crippen molar-refractivity contribution in [3.8, 4) is 11.5 Å². The average Bonchev–Trinajstić information content (AvgIpc) is 1.97. The summed E-state index contributed by atoms with van der Waals surface area (Å²) < 4.78 is 36.1. The second-order valence-electron chi connectivity index (χ2n) is 2.43. The molecule has 0 bridgehead atoms. The lowest BCUT2D eigenvalue weighted by Gasteiger charge is -2.09. The van der Waals surface area contributed by atoms with Crippen LogP contribution in [0.2, 0.25) is 0 Å². The fraction of sp³-hybridized carbons (Fsp3) is 0.143. The van der Waals surface area contributed by atoms with E-state index in [1.165, 1.54) is 0 Å². The lowest BCUT2D eigenvalue weighted by Crippen LogP contribution is -2.05. The summed E-state index contributed by atoms with van der Waals surface area (Å²) in [5.74, 6) is -1.62. The molecule has 0 radical (unpaired) electrons. The fourth-order valence-corrected chi connectivity index (χ4v) is 0.805. The number of rotatable bonds is 0. The molecular weight excluding hydrogens is 187 g/mol. The lowest BCUT2D eigenvalue weighted by atomic mass is 10.1. The van der Waals surface area contributed by atoms with E-state index in [1.54, 1.807) is 0 Å². The molecule has 1 rings (SSSR count). The van der Waals surface area contributed by atoms with Crippen molar-refractivity contribution < 1.29 is 23.4 Å². The zero-order valence-corrected chi connectivity index (χ0v) is 6.26. The van der Waals surface area contributed by atoms with E-state index < -0.39 is 28.9 Å². The van der Waals surface area contributed by atoms with Crippen LogP contribution in [0.15, 0.2) is 12.1 Å². The largest absolute Gasteiger partial charge is 0.504 e. The Morgan fingerprint density at radius 2 is 1.69 bits per heavy atom. The van der Waals surface area contributed by atoms with Gasteiger partial charge >= 0.3 is 6.18 Å². The molecule has 0 unspecified atom stereocenters. The topological polar surface area (TPSA) is 66.5 Å². The second kappa shape index (κ2) is 2.72. The van der Waals surface area contributed by atoms with Gasteiger partial charge in [-0.25, -0.2) is 0 Å². The molecule has 0 atom stereocenters. The van der Waals surface area contributed by atoms with E-state index in [0.29, 0.717) is 12.1 Å². The summed E-state index contributed by atoms with van der Waals surface area (Å²) >= 11 is 0. The van der Waals surface area contributed by atoms with Gasteiger partial charge in [0.1, 0.15) is 0 Å². The summed E-state index contributed by atoms with van der Waals surface area (Å²) in [5, 5.41) is 17.7. The monoisotopic (exact) mass is 193 g/mol. The molecule has 0 amide bonds. The SMILES string of the molecule is Nc1cc(C(F)(F)F)cc(O)c1O. The van der Waals surface area contributed by atoms with Crippen LogP contribution in [-0.2, 0) is 6.18 Å². The zero-order valence-electron chi connectivity index (χ0n) is 6.26. The Morgan fingerprint density at radius 3 is 2.08 bits per heavy atom.